The molecule has 4 atom stereocenters. The van der Waals surface area contributed by atoms with Crippen molar-refractivity contribution in [1.29, 1.82) is 0 Å². The highest BCUT2D eigenvalue weighted by Gasteiger charge is 2.59. The van der Waals surface area contributed by atoms with Crippen LogP contribution in [0.2, 0.25) is 0 Å². The summed E-state index contributed by atoms with van der Waals surface area (Å²) < 4.78 is 39.4. The third-order valence-electron chi connectivity index (χ3n) is 6.01. The molecule has 1 aliphatic heterocycles. The molecule has 40 heavy (non-hydrogen) atoms. The molecule has 2 heterocycles. The minimum Gasteiger partial charge on any atom is -0.445 e. The molecule has 2 aromatic rings. The number of rotatable bonds is 12. The number of hydrogen-bond donors (Lipinski definition) is 5. The summed E-state index contributed by atoms with van der Waals surface area (Å²) in [6.07, 6.45) is -5.05. The van der Waals surface area contributed by atoms with E-state index in [1.807, 2.05) is 0 Å². The largest absolute Gasteiger partial charge is 0.445 e. The summed E-state index contributed by atoms with van der Waals surface area (Å²) in [6.45, 7) is 0.801. The van der Waals surface area contributed by atoms with Crippen molar-refractivity contribution in [1.82, 2.24) is 20.2 Å². The van der Waals surface area contributed by atoms with E-state index < -0.39 is 54.7 Å². The Morgan fingerprint density at radius 2 is 1.93 bits per heavy atom. The standard InChI is InChI=1S/C25H31F2N5O8/c1-15(34)28-11-6-5-9-17(29-24(38)39-14-16-7-3-2-4-8-16)21(36)30-19-10-12-32(23(37)31-19)22-25(26,27)20(35)18(13-33)40-22/h2-4,7-8,10,12,17-18,20,22,33,35H,5-6,9,11,13-14H2,1H3,(H,28,34)(H,29,38)(H,30,31,36,37)/t17?,18-,20-,22-/m1/s1. The summed E-state index contributed by atoms with van der Waals surface area (Å²) in [7, 11) is 0. The fraction of sp³-hybridized carbons (Fsp3) is 0.480. The van der Waals surface area contributed by atoms with Gasteiger partial charge in [0, 0.05) is 19.7 Å². The fourth-order valence-electron chi connectivity index (χ4n) is 3.91. The molecule has 3 rings (SSSR count). The van der Waals surface area contributed by atoms with Crippen molar-refractivity contribution >= 4 is 23.7 Å². The number of halogens is 2. The van der Waals surface area contributed by atoms with Crippen LogP contribution in [0.5, 0.6) is 0 Å². The van der Waals surface area contributed by atoms with E-state index in [-0.39, 0.29) is 24.8 Å². The SMILES string of the molecule is CC(=O)NCCCCC(NC(=O)OCc1ccccc1)C(=O)Nc1ccn([C@@H]2O[C@H](CO)[C@@H](O)C2(F)F)c(=O)n1. The van der Waals surface area contributed by atoms with Gasteiger partial charge in [0.05, 0.1) is 6.61 Å². The van der Waals surface area contributed by atoms with Gasteiger partial charge in [-0.25, -0.2) is 9.59 Å². The van der Waals surface area contributed by atoms with Crippen molar-refractivity contribution < 1.29 is 42.9 Å². The van der Waals surface area contributed by atoms with Crippen LogP contribution in [0, 0.1) is 0 Å². The fourth-order valence-corrected chi connectivity index (χ4v) is 3.91. The number of anilines is 1. The lowest BCUT2D eigenvalue weighted by Crippen LogP contribution is -2.44. The van der Waals surface area contributed by atoms with Crippen LogP contribution < -0.4 is 21.6 Å². The van der Waals surface area contributed by atoms with E-state index in [1.165, 1.54) is 6.92 Å². The Hall–Kier alpha value is -3.95. The zero-order valence-electron chi connectivity index (χ0n) is 21.6. The Kier molecular flexibility index (Phi) is 10.6. The molecule has 1 aliphatic rings. The number of carbonyl (C=O) groups is 3. The summed E-state index contributed by atoms with van der Waals surface area (Å²) in [6, 6.07) is 8.81. The number of aliphatic hydroxyl groups excluding tert-OH is 2. The summed E-state index contributed by atoms with van der Waals surface area (Å²) in [5.41, 5.74) is -0.483. The maximum atomic E-state index is 14.4. The quantitative estimate of drug-likeness (QED) is 0.230. The number of aromatic nitrogens is 2. The molecule has 0 bridgehead atoms. The van der Waals surface area contributed by atoms with Gasteiger partial charge in [0.25, 0.3) is 0 Å². The van der Waals surface area contributed by atoms with E-state index >= 15 is 0 Å². The van der Waals surface area contributed by atoms with E-state index in [9.17, 15) is 33.1 Å². The number of hydrogen-bond acceptors (Lipinski definition) is 9. The number of ether oxygens (including phenoxy) is 2. The molecule has 0 saturated carbocycles. The second-order valence-corrected chi connectivity index (χ2v) is 9.06. The lowest BCUT2D eigenvalue weighted by molar-refractivity contribution is -0.141. The topological polar surface area (TPSA) is 181 Å². The second-order valence-electron chi connectivity index (χ2n) is 9.06. The average Bonchev–Trinajstić information content (AvgIpc) is 3.15. The molecule has 0 spiro atoms. The zero-order chi connectivity index (χ0) is 29.3. The molecule has 0 aliphatic carbocycles. The molecule has 0 radical (unpaired) electrons. The van der Waals surface area contributed by atoms with E-state index in [0.717, 1.165) is 17.8 Å². The minimum atomic E-state index is -3.89. The van der Waals surface area contributed by atoms with Crippen LogP contribution in [0.1, 0.15) is 38.0 Å². The van der Waals surface area contributed by atoms with Crippen LogP contribution in [-0.4, -0.2) is 75.0 Å². The molecule has 1 saturated heterocycles. The molecule has 1 fully saturated rings. The highest BCUT2D eigenvalue weighted by molar-refractivity contribution is 5.95. The van der Waals surface area contributed by atoms with Crippen molar-refractivity contribution in [3.8, 4) is 0 Å². The first-order valence-corrected chi connectivity index (χ1v) is 12.5. The van der Waals surface area contributed by atoms with Crippen LogP contribution in [-0.2, 0) is 25.7 Å². The van der Waals surface area contributed by atoms with Gasteiger partial charge in [-0.1, -0.05) is 30.3 Å². The van der Waals surface area contributed by atoms with Gasteiger partial charge in [-0.15, -0.1) is 0 Å². The van der Waals surface area contributed by atoms with Gasteiger partial charge in [-0.3, -0.25) is 14.2 Å². The first kappa shape index (κ1) is 30.6. The van der Waals surface area contributed by atoms with Gasteiger partial charge in [0.15, 0.2) is 6.10 Å². The number of alkyl halides is 2. The molecule has 218 valence electrons. The Morgan fingerprint density at radius 3 is 2.55 bits per heavy atom. The number of aliphatic hydroxyl groups is 2. The number of unbranched alkanes of at least 4 members (excludes halogenated alkanes) is 1. The van der Waals surface area contributed by atoms with Crippen molar-refractivity contribution in [2.45, 2.75) is 63.2 Å². The smallest absolute Gasteiger partial charge is 0.408 e. The van der Waals surface area contributed by atoms with E-state index in [4.69, 9.17) is 14.6 Å². The molecule has 1 aromatic heterocycles. The van der Waals surface area contributed by atoms with Crippen LogP contribution in [0.15, 0.2) is 47.4 Å². The van der Waals surface area contributed by atoms with E-state index in [1.54, 1.807) is 30.3 Å². The Morgan fingerprint density at radius 1 is 1.20 bits per heavy atom. The van der Waals surface area contributed by atoms with Gasteiger partial charge in [-0.2, -0.15) is 13.8 Å². The molecule has 1 unspecified atom stereocenters. The van der Waals surface area contributed by atoms with Gasteiger partial charge in [0.2, 0.25) is 18.0 Å². The van der Waals surface area contributed by atoms with E-state index in [2.05, 4.69) is 20.9 Å². The molecule has 15 heteroatoms. The third kappa shape index (κ3) is 8.03. The molecule has 3 amide bonds. The third-order valence-corrected chi connectivity index (χ3v) is 6.01. The van der Waals surface area contributed by atoms with Crippen LogP contribution in [0.25, 0.3) is 0 Å². The number of amides is 3. The lowest BCUT2D eigenvalue weighted by atomic mass is 10.1. The first-order chi connectivity index (χ1) is 19.0. The molecular weight excluding hydrogens is 536 g/mol. The monoisotopic (exact) mass is 567 g/mol. The maximum Gasteiger partial charge on any atom is 0.408 e. The maximum absolute atomic E-state index is 14.4. The lowest BCUT2D eigenvalue weighted by Gasteiger charge is -2.21. The second kappa shape index (κ2) is 13.9. The predicted molar refractivity (Wildman–Crippen MR) is 135 cm³/mol. The summed E-state index contributed by atoms with van der Waals surface area (Å²) >= 11 is 0. The first-order valence-electron chi connectivity index (χ1n) is 12.5. The van der Waals surface area contributed by atoms with Crippen molar-refractivity contribution in [2.24, 2.45) is 0 Å². The number of carbonyl (C=O) groups excluding carboxylic acids is 3. The average molecular weight is 568 g/mol. The minimum absolute atomic E-state index is 0.0387. The Balaban J connectivity index is 1.66. The Labute approximate surface area is 227 Å². The van der Waals surface area contributed by atoms with Gasteiger partial charge >= 0.3 is 17.7 Å². The van der Waals surface area contributed by atoms with Gasteiger partial charge < -0.3 is 35.6 Å². The number of nitrogens with zero attached hydrogens (tertiary/aromatic N) is 2. The number of alkyl carbamates (subject to hydrolysis) is 1. The molecule has 5 N–H and O–H groups in total. The Bertz CT molecular complexity index is 1230. The van der Waals surface area contributed by atoms with Crippen LogP contribution in [0.4, 0.5) is 19.4 Å². The van der Waals surface area contributed by atoms with Crippen LogP contribution >= 0.6 is 0 Å². The van der Waals surface area contributed by atoms with Gasteiger partial charge in [-0.05, 0) is 30.9 Å². The molecule has 1 aromatic carbocycles. The summed E-state index contributed by atoms with van der Waals surface area (Å²) in [4.78, 5) is 52.5. The van der Waals surface area contributed by atoms with E-state index in [0.29, 0.717) is 24.0 Å². The highest BCUT2D eigenvalue weighted by Crippen LogP contribution is 2.41. The summed E-state index contributed by atoms with van der Waals surface area (Å²) in [5, 5.41) is 26.3. The van der Waals surface area contributed by atoms with Crippen molar-refractivity contribution in [3.63, 3.8) is 0 Å². The molecular formula is C25H31F2N5O8. The van der Waals surface area contributed by atoms with Crippen molar-refractivity contribution in [2.75, 3.05) is 18.5 Å². The highest BCUT2D eigenvalue weighted by atomic mass is 19.3. The number of benzene rings is 1. The summed E-state index contributed by atoms with van der Waals surface area (Å²) in [5.74, 6) is -5.13. The molecule has 13 nitrogen and oxygen atoms in total. The van der Waals surface area contributed by atoms with Crippen molar-refractivity contribution in [3.05, 3.63) is 58.6 Å². The number of nitrogens with one attached hydrogen (secondary N) is 3. The van der Waals surface area contributed by atoms with Crippen LogP contribution in [0.3, 0.4) is 0 Å². The normalized spacial score (nSPS) is 20.4. The predicted octanol–water partition coefficient (Wildman–Crippen LogP) is 0.669. The zero-order valence-corrected chi connectivity index (χ0v) is 21.6. The van der Waals surface area contributed by atoms with Gasteiger partial charge in [0.1, 0.15) is 24.6 Å².